The highest BCUT2D eigenvalue weighted by molar-refractivity contribution is 6.30. The van der Waals surface area contributed by atoms with Crippen molar-refractivity contribution in [2.75, 3.05) is 6.61 Å². The summed E-state index contributed by atoms with van der Waals surface area (Å²) in [6.45, 7) is 9.26. The SMILES string of the molecule is C=CCC1(C)CC(c2cncc(Cl)c2)C(c2ccc(Cl)cc2)[N+]2=C1OCC2CC. The maximum atomic E-state index is 6.34. The van der Waals surface area contributed by atoms with Gasteiger partial charge in [0.1, 0.15) is 0 Å². The van der Waals surface area contributed by atoms with E-state index in [4.69, 9.17) is 27.9 Å². The van der Waals surface area contributed by atoms with Gasteiger partial charge in [0.05, 0.1) is 16.4 Å². The Morgan fingerprint density at radius 1 is 1.21 bits per heavy atom. The molecule has 0 saturated heterocycles. The quantitative estimate of drug-likeness (QED) is 0.404. The molecule has 4 unspecified atom stereocenters. The average molecular weight is 430 g/mol. The van der Waals surface area contributed by atoms with Gasteiger partial charge in [-0.25, -0.2) is 0 Å². The second-order valence-corrected chi connectivity index (χ2v) is 9.26. The smallest absolute Gasteiger partial charge is 0.343 e. The van der Waals surface area contributed by atoms with Crippen LogP contribution < -0.4 is 0 Å². The summed E-state index contributed by atoms with van der Waals surface area (Å²) in [5.41, 5.74) is 2.29. The van der Waals surface area contributed by atoms with Gasteiger partial charge in [0.15, 0.2) is 18.7 Å². The van der Waals surface area contributed by atoms with Crippen molar-refractivity contribution in [1.29, 1.82) is 0 Å². The van der Waals surface area contributed by atoms with E-state index in [1.54, 1.807) is 6.20 Å². The van der Waals surface area contributed by atoms with Crippen LogP contribution in [0.25, 0.3) is 0 Å². The molecule has 0 bridgehead atoms. The first kappa shape index (κ1) is 20.4. The molecule has 4 atom stereocenters. The fourth-order valence-electron chi connectivity index (χ4n) is 5.00. The maximum absolute atomic E-state index is 6.34. The Hall–Kier alpha value is -1.84. The maximum Gasteiger partial charge on any atom is 0.343 e. The Bertz CT molecular complexity index is 940. The molecule has 152 valence electrons. The van der Waals surface area contributed by atoms with Crippen LogP contribution in [0.3, 0.4) is 0 Å². The predicted molar refractivity (Wildman–Crippen MR) is 119 cm³/mol. The monoisotopic (exact) mass is 429 g/mol. The van der Waals surface area contributed by atoms with Crippen LogP contribution in [0.4, 0.5) is 0 Å². The molecule has 0 saturated carbocycles. The molecule has 4 rings (SSSR count). The van der Waals surface area contributed by atoms with Gasteiger partial charge in [-0.05, 0) is 43.5 Å². The lowest BCUT2D eigenvalue weighted by atomic mass is 9.69. The second kappa shape index (κ2) is 8.12. The topological polar surface area (TPSA) is 25.1 Å². The van der Waals surface area contributed by atoms with Crippen molar-refractivity contribution in [3.63, 3.8) is 0 Å². The number of hydrogen-bond donors (Lipinski definition) is 0. The summed E-state index contributed by atoms with van der Waals surface area (Å²) in [5, 5.41) is 1.42. The van der Waals surface area contributed by atoms with Crippen molar-refractivity contribution >= 4 is 29.1 Å². The Morgan fingerprint density at radius 3 is 2.62 bits per heavy atom. The predicted octanol–water partition coefficient (Wildman–Crippen LogP) is 6.42. The molecular weight excluding hydrogens is 403 g/mol. The minimum atomic E-state index is -0.110. The summed E-state index contributed by atoms with van der Waals surface area (Å²) in [5.74, 6) is 1.32. The van der Waals surface area contributed by atoms with Crippen molar-refractivity contribution in [1.82, 2.24) is 4.98 Å². The number of rotatable bonds is 5. The molecule has 0 fully saturated rings. The van der Waals surface area contributed by atoms with E-state index in [-0.39, 0.29) is 17.4 Å². The van der Waals surface area contributed by atoms with Crippen LogP contribution in [0.15, 0.2) is 55.4 Å². The number of allylic oxidation sites excluding steroid dienone is 1. The van der Waals surface area contributed by atoms with Gasteiger partial charge < -0.3 is 4.74 Å². The van der Waals surface area contributed by atoms with E-state index in [0.29, 0.717) is 11.1 Å². The Morgan fingerprint density at radius 2 is 1.97 bits per heavy atom. The van der Waals surface area contributed by atoms with Crippen molar-refractivity contribution in [2.45, 2.75) is 51.1 Å². The molecule has 1 aromatic heterocycles. The van der Waals surface area contributed by atoms with Gasteiger partial charge in [-0.15, -0.1) is 6.58 Å². The van der Waals surface area contributed by atoms with Crippen LogP contribution in [0.2, 0.25) is 10.0 Å². The molecule has 29 heavy (non-hydrogen) atoms. The van der Waals surface area contributed by atoms with Crippen LogP contribution in [0.5, 0.6) is 0 Å². The minimum absolute atomic E-state index is 0.110. The molecule has 0 radical (unpaired) electrons. The lowest BCUT2D eigenvalue weighted by molar-refractivity contribution is -0.610. The number of pyridine rings is 1. The molecule has 2 aliphatic heterocycles. The van der Waals surface area contributed by atoms with E-state index in [1.165, 1.54) is 5.56 Å². The molecule has 0 aliphatic carbocycles. The largest absolute Gasteiger partial charge is 0.441 e. The van der Waals surface area contributed by atoms with Crippen molar-refractivity contribution in [3.8, 4) is 0 Å². The summed E-state index contributed by atoms with van der Waals surface area (Å²) in [4.78, 5) is 4.39. The lowest BCUT2D eigenvalue weighted by Crippen LogP contribution is -2.45. The summed E-state index contributed by atoms with van der Waals surface area (Å²) in [6.07, 6.45) is 8.49. The van der Waals surface area contributed by atoms with E-state index in [1.807, 2.05) is 24.4 Å². The number of benzene rings is 1. The molecule has 3 nitrogen and oxygen atoms in total. The Labute approximate surface area is 183 Å². The number of ether oxygens (including phenoxy) is 1. The van der Waals surface area contributed by atoms with E-state index in [2.05, 4.69) is 48.2 Å². The molecular formula is C24H27Cl2N2O+. The third-order valence-electron chi connectivity index (χ3n) is 6.34. The van der Waals surface area contributed by atoms with Gasteiger partial charge >= 0.3 is 5.90 Å². The third kappa shape index (κ3) is 3.71. The van der Waals surface area contributed by atoms with Crippen LogP contribution in [-0.2, 0) is 4.74 Å². The van der Waals surface area contributed by atoms with Crippen LogP contribution in [0.1, 0.15) is 56.2 Å². The number of halogens is 2. The average Bonchev–Trinajstić information content (AvgIpc) is 3.14. The fraction of sp³-hybridized carbons (Fsp3) is 0.417. The molecule has 0 spiro atoms. The zero-order valence-corrected chi connectivity index (χ0v) is 18.5. The van der Waals surface area contributed by atoms with E-state index >= 15 is 0 Å². The van der Waals surface area contributed by atoms with Gasteiger partial charge in [0.2, 0.25) is 0 Å². The van der Waals surface area contributed by atoms with E-state index in [0.717, 1.165) is 42.4 Å². The number of nitrogens with zero attached hydrogens (tertiary/aromatic N) is 2. The standard InChI is InChI=1S/C24H27Cl2N2O/c1-4-10-24(3)12-21(17-11-19(26)14-27-13-17)22(16-6-8-18(25)9-7-16)28-20(5-2)15-29-23(24)28/h4,6-9,11,13-14,20-22H,1,5,10,12,15H2,2-3H3/q+1. The lowest BCUT2D eigenvalue weighted by Gasteiger charge is -2.38. The van der Waals surface area contributed by atoms with Crippen molar-refractivity contribution < 1.29 is 9.31 Å². The van der Waals surface area contributed by atoms with Gasteiger partial charge in [0.25, 0.3) is 0 Å². The third-order valence-corrected chi connectivity index (χ3v) is 6.80. The fourth-order valence-corrected chi connectivity index (χ4v) is 5.31. The van der Waals surface area contributed by atoms with Gasteiger partial charge in [-0.1, -0.05) is 48.3 Å². The van der Waals surface area contributed by atoms with Crippen molar-refractivity contribution in [2.24, 2.45) is 5.41 Å². The highest BCUT2D eigenvalue weighted by Gasteiger charge is 2.56. The molecule has 2 aliphatic rings. The second-order valence-electron chi connectivity index (χ2n) is 8.38. The molecule has 1 aromatic carbocycles. The minimum Gasteiger partial charge on any atom is -0.441 e. The Balaban J connectivity index is 1.93. The molecule has 0 N–H and O–H groups in total. The summed E-state index contributed by atoms with van der Waals surface area (Å²) in [6, 6.07) is 10.8. The first-order chi connectivity index (χ1) is 14.0. The summed E-state index contributed by atoms with van der Waals surface area (Å²) < 4.78 is 8.85. The van der Waals surface area contributed by atoms with Gasteiger partial charge in [-0.2, -0.15) is 4.58 Å². The highest BCUT2D eigenvalue weighted by atomic mass is 35.5. The number of aromatic nitrogens is 1. The summed E-state index contributed by atoms with van der Waals surface area (Å²) >= 11 is 12.5. The normalized spacial score (nSPS) is 28.8. The Kier molecular flexibility index (Phi) is 5.72. The molecule has 2 aromatic rings. The van der Waals surface area contributed by atoms with Crippen LogP contribution in [0, 0.1) is 5.41 Å². The van der Waals surface area contributed by atoms with Gasteiger partial charge in [-0.3, -0.25) is 4.98 Å². The van der Waals surface area contributed by atoms with Crippen molar-refractivity contribution in [3.05, 3.63) is 76.6 Å². The summed E-state index contributed by atoms with van der Waals surface area (Å²) in [7, 11) is 0. The van der Waals surface area contributed by atoms with Gasteiger partial charge in [0, 0.05) is 29.4 Å². The van der Waals surface area contributed by atoms with Crippen LogP contribution in [-0.4, -0.2) is 28.1 Å². The first-order valence-corrected chi connectivity index (χ1v) is 11.0. The van der Waals surface area contributed by atoms with Crippen LogP contribution >= 0.6 is 23.2 Å². The molecule has 3 heterocycles. The zero-order chi connectivity index (χ0) is 20.6. The van der Waals surface area contributed by atoms with E-state index in [9.17, 15) is 0 Å². The zero-order valence-electron chi connectivity index (χ0n) is 16.9. The number of hydrogen-bond acceptors (Lipinski definition) is 2. The first-order valence-electron chi connectivity index (χ1n) is 10.2. The van der Waals surface area contributed by atoms with E-state index < -0.39 is 0 Å². The molecule has 5 heteroatoms. The molecule has 0 amide bonds. The highest BCUT2D eigenvalue weighted by Crippen LogP contribution is 2.51.